The van der Waals surface area contributed by atoms with E-state index in [0.717, 1.165) is 20.3 Å². The minimum Gasteiger partial charge on any atom is -0.355 e. The Labute approximate surface area is 134 Å². The van der Waals surface area contributed by atoms with Crippen molar-refractivity contribution in [2.45, 2.75) is 0 Å². The summed E-state index contributed by atoms with van der Waals surface area (Å²) in [5.74, 6) is 0. The number of fused-ring (bicyclic) bond motifs is 1. The first-order valence-electron chi connectivity index (χ1n) is 6.19. The molecule has 5 nitrogen and oxygen atoms in total. The first kappa shape index (κ1) is 13.7. The third-order valence-electron chi connectivity index (χ3n) is 3.11. The number of halogens is 1. The molecule has 3 aromatic rings. The standard InChI is InChI=1S/C15H10IN3O2/c16-10-1-3-11(4-2-10)18-14-5-6-15(19(20)21)12-7-8-17-9-13(12)14/h1-9,18H. The Hall–Kier alpha value is -2.22. The van der Waals surface area contributed by atoms with Gasteiger partial charge in [-0.05, 0) is 59.0 Å². The fourth-order valence-electron chi connectivity index (χ4n) is 2.13. The highest BCUT2D eigenvalue weighted by atomic mass is 127. The van der Waals surface area contributed by atoms with Gasteiger partial charge in [0.05, 0.1) is 10.3 Å². The van der Waals surface area contributed by atoms with E-state index in [1.54, 1.807) is 24.5 Å². The van der Waals surface area contributed by atoms with Crippen LogP contribution in [0.15, 0.2) is 54.9 Å². The number of benzene rings is 2. The summed E-state index contributed by atoms with van der Waals surface area (Å²) in [6.07, 6.45) is 3.20. The largest absolute Gasteiger partial charge is 0.355 e. The molecule has 0 aliphatic heterocycles. The zero-order valence-corrected chi connectivity index (χ0v) is 12.9. The van der Waals surface area contributed by atoms with Gasteiger partial charge >= 0.3 is 0 Å². The van der Waals surface area contributed by atoms with Crippen LogP contribution in [0.25, 0.3) is 10.8 Å². The molecule has 0 unspecified atom stereocenters. The van der Waals surface area contributed by atoms with Crippen molar-refractivity contribution < 1.29 is 4.92 Å². The third-order valence-corrected chi connectivity index (χ3v) is 3.83. The van der Waals surface area contributed by atoms with E-state index < -0.39 is 0 Å². The molecule has 1 heterocycles. The Morgan fingerprint density at radius 2 is 1.81 bits per heavy atom. The number of hydrogen-bond donors (Lipinski definition) is 1. The Kier molecular flexibility index (Phi) is 3.70. The molecule has 3 rings (SSSR count). The smallest absolute Gasteiger partial charge is 0.277 e. The fourth-order valence-corrected chi connectivity index (χ4v) is 2.49. The topological polar surface area (TPSA) is 68.1 Å². The molecule has 0 amide bonds. The van der Waals surface area contributed by atoms with Crippen molar-refractivity contribution >= 4 is 50.4 Å². The molecule has 0 fully saturated rings. The Bertz CT molecular complexity index is 819. The molecular weight excluding hydrogens is 381 g/mol. The monoisotopic (exact) mass is 391 g/mol. The molecule has 21 heavy (non-hydrogen) atoms. The normalized spacial score (nSPS) is 10.5. The van der Waals surface area contributed by atoms with Crippen LogP contribution in [0.3, 0.4) is 0 Å². The van der Waals surface area contributed by atoms with E-state index in [9.17, 15) is 10.1 Å². The number of nitro benzene ring substituents is 1. The summed E-state index contributed by atoms with van der Waals surface area (Å²) in [7, 11) is 0. The highest BCUT2D eigenvalue weighted by Gasteiger charge is 2.14. The van der Waals surface area contributed by atoms with Gasteiger partial charge in [-0.15, -0.1) is 0 Å². The highest BCUT2D eigenvalue weighted by molar-refractivity contribution is 14.1. The van der Waals surface area contributed by atoms with Crippen LogP contribution < -0.4 is 5.32 Å². The summed E-state index contributed by atoms with van der Waals surface area (Å²) in [6, 6.07) is 12.8. The zero-order chi connectivity index (χ0) is 14.8. The summed E-state index contributed by atoms with van der Waals surface area (Å²) in [5.41, 5.74) is 1.81. The van der Waals surface area contributed by atoms with Gasteiger partial charge < -0.3 is 5.32 Å². The van der Waals surface area contributed by atoms with E-state index in [1.165, 1.54) is 6.07 Å². The molecule has 6 heteroatoms. The summed E-state index contributed by atoms with van der Waals surface area (Å²) in [4.78, 5) is 14.8. The van der Waals surface area contributed by atoms with Crippen LogP contribution in [0.1, 0.15) is 0 Å². The van der Waals surface area contributed by atoms with Crippen molar-refractivity contribution in [1.29, 1.82) is 0 Å². The number of rotatable bonds is 3. The molecule has 0 radical (unpaired) electrons. The van der Waals surface area contributed by atoms with Crippen molar-refractivity contribution in [3.8, 4) is 0 Å². The van der Waals surface area contributed by atoms with Gasteiger partial charge in [0, 0.05) is 38.8 Å². The summed E-state index contributed by atoms with van der Waals surface area (Å²) >= 11 is 2.24. The van der Waals surface area contributed by atoms with Crippen LogP contribution in [0, 0.1) is 13.7 Å². The maximum atomic E-state index is 11.1. The Balaban J connectivity index is 2.09. The summed E-state index contributed by atoms with van der Waals surface area (Å²) < 4.78 is 1.15. The van der Waals surface area contributed by atoms with E-state index in [2.05, 4.69) is 32.9 Å². The number of nitrogens with one attached hydrogen (secondary N) is 1. The first-order chi connectivity index (χ1) is 10.1. The quantitative estimate of drug-likeness (QED) is 0.406. The molecule has 0 spiro atoms. The minimum atomic E-state index is -0.378. The van der Waals surface area contributed by atoms with Gasteiger partial charge in [0.1, 0.15) is 0 Å². The van der Waals surface area contributed by atoms with Crippen molar-refractivity contribution in [2.75, 3.05) is 5.32 Å². The van der Waals surface area contributed by atoms with E-state index in [0.29, 0.717) is 5.39 Å². The maximum Gasteiger partial charge on any atom is 0.277 e. The molecule has 0 atom stereocenters. The first-order valence-corrected chi connectivity index (χ1v) is 7.27. The van der Waals surface area contributed by atoms with E-state index >= 15 is 0 Å². The van der Waals surface area contributed by atoms with Crippen LogP contribution >= 0.6 is 22.6 Å². The molecule has 104 valence electrons. The molecule has 0 aliphatic carbocycles. The lowest BCUT2D eigenvalue weighted by molar-refractivity contribution is -0.383. The van der Waals surface area contributed by atoms with Gasteiger partial charge in [0.2, 0.25) is 0 Å². The molecule has 0 saturated heterocycles. The number of hydrogen-bond acceptors (Lipinski definition) is 4. The molecule has 0 bridgehead atoms. The second-order valence-electron chi connectivity index (χ2n) is 4.44. The third kappa shape index (κ3) is 2.80. The highest BCUT2D eigenvalue weighted by Crippen LogP contribution is 2.32. The van der Waals surface area contributed by atoms with Crippen molar-refractivity contribution in [1.82, 2.24) is 4.98 Å². The number of nitro groups is 1. The summed E-state index contributed by atoms with van der Waals surface area (Å²) in [5, 5.41) is 15.7. The minimum absolute atomic E-state index is 0.0839. The predicted octanol–water partition coefficient (Wildman–Crippen LogP) is 4.49. The van der Waals surface area contributed by atoms with Gasteiger partial charge in [-0.2, -0.15) is 0 Å². The van der Waals surface area contributed by atoms with Crippen molar-refractivity contribution in [3.05, 3.63) is 68.5 Å². The van der Waals surface area contributed by atoms with Crippen LogP contribution in [0.5, 0.6) is 0 Å². The lowest BCUT2D eigenvalue weighted by Gasteiger charge is -2.10. The van der Waals surface area contributed by atoms with Crippen LogP contribution in [0.2, 0.25) is 0 Å². The zero-order valence-electron chi connectivity index (χ0n) is 10.8. The molecule has 2 aromatic carbocycles. The van der Waals surface area contributed by atoms with Gasteiger partial charge in [0.25, 0.3) is 5.69 Å². The molecule has 1 N–H and O–H groups in total. The Morgan fingerprint density at radius 1 is 1.05 bits per heavy atom. The predicted molar refractivity (Wildman–Crippen MR) is 90.8 cm³/mol. The number of pyridine rings is 1. The second kappa shape index (κ2) is 5.65. The summed E-state index contributed by atoms with van der Waals surface area (Å²) in [6.45, 7) is 0. The maximum absolute atomic E-state index is 11.1. The molecule has 0 aliphatic rings. The van der Waals surface area contributed by atoms with Crippen molar-refractivity contribution in [2.24, 2.45) is 0 Å². The van der Waals surface area contributed by atoms with E-state index in [1.807, 2.05) is 24.3 Å². The number of anilines is 2. The molecular formula is C15H10IN3O2. The Morgan fingerprint density at radius 3 is 2.52 bits per heavy atom. The van der Waals surface area contributed by atoms with E-state index in [4.69, 9.17) is 0 Å². The van der Waals surface area contributed by atoms with Gasteiger partial charge in [-0.3, -0.25) is 15.1 Å². The molecule has 0 saturated carbocycles. The lowest BCUT2D eigenvalue weighted by atomic mass is 10.1. The van der Waals surface area contributed by atoms with Gasteiger partial charge in [0.15, 0.2) is 0 Å². The number of non-ortho nitro benzene ring substituents is 1. The fraction of sp³-hybridized carbons (Fsp3) is 0. The average molecular weight is 391 g/mol. The van der Waals surface area contributed by atoms with Gasteiger partial charge in [-0.1, -0.05) is 0 Å². The van der Waals surface area contributed by atoms with Crippen LogP contribution in [0.4, 0.5) is 17.1 Å². The SMILES string of the molecule is O=[N+]([O-])c1ccc(Nc2ccc(I)cc2)c2cnccc12. The molecule has 1 aromatic heterocycles. The van der Waals surface area contributed by atoms with Crippen LogP contribution in [-0.2, 0) is 0 Å². The lowest BCUT2D eigenvalue weighted by Crippen LogP contribution is -1.95. The number of nitrogens with zero attached hydrogens (tertiary/aromatic N) is 2. The average Bonchev–Trinajstić information content (AvgIpc) is 2.49. The van der Waals surface area contributed by atoms with Gasteiger partial charge in [-0.25, -0.2) is 0 Å². The van der Waals surface area contributed by atoms with Crippen LogP contribution in [-0.4, -0.2) is 9.91 Å². The number of aromatic nitrogens is 1. The van der Waals surface area contributed by atoms with Crippen molar-refractivity contribution in [3.63, 3.8) is 0 Å². The van der Waals surface area contributed by atoms with E-state index in [-0.39, 0.29) is 10.6 Å². The second-order valence-corrected chi connectivity index (χ2v) is 5.69.